The molecule has 3 aliphatic rings. The Bertz CT molecular complexity index is 1270. The number of cyclic esters (lactones) is 1. The van der Waals surface area contributed by atoms with Gasteiger partial charge in [0.1, 0.15) is 24.8 Å². The Morgan fingerprint density at radius 3 is 2.86 bits per heavy atom. The minimum atomic E-state index is -0.335. The number of pyridine rings is 2. The standard InChI is InChI=1S/C26H29N5O5/c1-33-24-5-3-20-25(29-24)21(6-8-28-20)30-9-7-17(15-30)13-27-14-19-16-31(26(32)36-19)18-2-4-22-23(12-18)35-11-10-34-22/h2-6,8,12,17,19,27H,7,9-11,13-16H2,1H3/t17-,19+/m0/s1. The van der Waals surface area contributed by atoms with Gasteiger partial charge in [0.15, 0.2) is 11.5 Å². The Balaban J connectivity index is 1.02. The number of nitrogens with one attached hydrogen (secondary N) is 1. The Hall–Kier alpha value is -3.79. The van der Waals surface area contributed by atoms with Gasteiger partial charge in [-0.25, -0.2) is 9.78 Å². The number of rotatable bonds is 7. The van der Waals surface area contributed by atoms with Crippen LogP contribution in [0, 0.1) is 5.92 Å². The molecule has 2 aromatic heterocycles. The van der Waals surface area contributed by atoms with E-state index in [1.54, 1.807) is 12.0 Å². The number of hydrogen-bond donors (Lipinski definition) is 1. The number of carbonyl (C=O) groups excluding carboxylic acids is 1. The number of nitrogens with zero attached hydrogens (tertiary/aromatic N) is 4. The molecule has 1 aromatic carbocycles. The van der Waals surface area contributed by atoms with Gasteiger partial charge in [0.05, 0.1) is 30.5 Å². The zero-order chi connectivity index (χ0) is 24.5. The number of amides is 1. The Morgan fingerprint density at radius 1 is 1.08 bits per heavy atom. The van der Waals surface area contributed by atoms with E-state index in [0.717, 1.165) is 48.5 Å². The highest BCUT2D eigenvalue weighted by Crippen LogP contribution is 2.35. The van der Waals surface area contributed by atoms with Gasteiger partial charge in [-0.15, -0.1) is 0 Å². The number of carbonyl (C=O) groups is 1. The fraction of sp³-hybridized carbons (Fsp3) is 0.423. The van der Waals surface area contributed by atoms with Crippen molar-refractivity contribution >= 4 is 28.5 Å². The summed E-state index contributed by atoms with van der Waals surface area (Å²) in [5, 5.41) is 3.52. The molecule has 0 bridgehead atoms. The fourth-order valence-electron chi connectivity index (χ4n) is 5.07. The highest BCUT2D eigenvalue weighted by atomic mass is 16.6. The summed E-state index contributed by atoms with van der Waals surface area (Å²) < 4.78 is 22.1. The molecule has 0 spiro atoms. The van der Waals surface area contributed by atoms with Gasteiger partial charge in [-0.2, -0.15) is 0 Å². The van der Waals surface area contributed by atoms with Crippen LogP contribution in [-0.2, 0) is 4.74 Å². The average molecular weight is 492 g/mol. The van der Waals surface area contributed by atoms with Gasteiger partial charge in [-0.05, 0) is 43.1 Å². The summed E-state index contributed by atoms with van der Waals surface area (Å²) >= 11 is 0. The number of benzene rings is 1. The van der Waals surface area contributed by atoms with Crippen molar-refractivity contribution in [1.82, 2.24) is 15.3 Å². The van der Waals surface area contributed by atoms with Gasteiger partial charge in [-0.1, -0.05) is 0 Å². The average Bonchev–Trinajstić information content (AvgIpc) is 3.54. The topological polar surface area (TPSA) is 98.3 Å². The summed E-state index contributed by atoms with van der Waals surface area (Å²) in [6, 6.07) is 11.3. The van der Waals surface area contributed by atoms with Crippen LogP contribution in [0.4, 0.5) is 16.2 Å². The van der Waals surface area contributed by atoms with Crippen LogP contribution in [0.2, 0.25) is 0 Å². The summed E-state index contributed by atoms with van der Waals surface area (Å²) in [6.07, 6.45) is 2.37. The molecule has 1 amide bonds. The van der Waals surface area contributed by atoms with Gasteiger partial charge in [0.2, 0.25) is 5.88 Å². The smallest absolute Gasteiger partial charge is 0.414 e. The monoisotopic (exact) mass is 491 g/mol. The molecule has 3 aromatic rings. The molecule has 10 nitrogen and oxygen atoms in total. The lowest BCUT2D eigenvalue weighted by Crippen LogP contribution is -2.34. The van der Waals surface area contributed by atoms with Crippen LogP contribution in [0.5, 0.6) is 17.4 Å². The molecule has 188 valence electrons. The van der Waals surface area contributed by atoms with Crippen molar-refractivity contribution in [3.05, 3.63) is 42.6 Å². The van der Waals surface area contributed by atoms with E-state index in [-0.39, 0.29) is 12.2 Å². The van der Waals surface area contributed by atoms with Crippen molar-refractivity contribution in [3.8, 4) is 17.4 Å². The molecule has 2 saturated heterocycles. The lowest BCUT2D eigenvalue weighted by molar-refractivity contribution is 0.139. The molecular formula is C26H29N5O5. The largest absolute Gasteiger partial charge is 0.486 e. The Kier molecular flexibility index (Phi) is 6.10. The molecule has 2 fully saturated rings. The first-order valence-corrected chi connectivity index (χ1v) is 12.3. The van der Waals surface area contributed by atoms with E-state index in [1.807, 2.05) is 42.6 Å². The highest BCUT2D eigenvalue weighted by molar-refractivity contribution is 5.90. The number of fused-ring (bicyclic) bond motifs is 2. The second kappa shape index (κ2) is 9.69. The van der Waals surface area contributed by atoms with Crippen molar-refractivity contribution in [2.75, 3.05) is 62.8 Å². The summed E-state index contributed by atoms with van der Waals surface area (Å²) in [5.74, 6) is 2.45. The third kappa shape index (κ3) is 4.44. The number of anilines is 2. The van der Waals surface area contributed by atoms with Crippen molar-refractivity contribution in [1.29, 1.82) is 0 Å². The van der Waals surface area contributed by atoms with Gasteiger partial charge in [-0.3, -0.25) is 9.88 Å². The lowest BCUT2D eigenvalue weighted by Gasteiger charge is -2.21. The maximum atomic E-state index is 12.5. The van der Waals surface area contributed by atoms with E-state index in [1.165, 1.54) is 0 Å². The van der Waals surface area contributed by atoms with Gasteiger partial charge >= 0.3 is 6.09 Å². The maximum absolute atomic E-state index is 12.5. The molecule has 5 heterocycles. The predicted molar refractivity (Wildman–Crippen MR) is 134 cm³/mol. The van der Waals surface area contributed by atoms with E-state index in [9.17, 15) is 4.79 Å². The van der Waals surface area contributed by atoms with Gasteiger partial charge < -0.3 is 29.2 Å². The maximum Gasteiger partial charge on any atom is 0.414 e. The third-order valence-corrected chi connectivity index (χ3v) is 6.89. The second-order valence-corrected chi connectivity index (χ2v) is 9.25. The van der Waals surface area contributed by atoms with Crippen molar-refractivity contribution in [2.24, 2.45) is 5.92 Å². The molecule has 2 atom stereocenters. The van der Waals surface area contributed by atoms with Crippen LogP contribution in [-0.4, -0.2) is 75.2 Å². The number of aromatic nitrogens is 2. The van der Waals surface area contributed by atoms with E-state index in [0.29, 0.717) is 49.6 Å². The second-order valence-electron chi connectivity index (χ2n) is 9.25. The minimum absolute atomic E-state index is 0.205. The third-order valence-electron chi connectivity index (χ3n) is 6.89. The first-order valence-electron chi connectivity index (χ1n) is 12.3. The van der Waals surface area contributed by atoms with Crippen molar-refractivity contribution in [2.45, 2.75) is 12.5 Å². The number of methoxy groups -OCH3 is 1. The molecule has 0 radical (unpaired) electrons. The van der Waals surface area contributed by atoms with Gasteiger partial charge in [0, 0.05) is 38.0 Å². The summed E-state index contributed by atoms with van der Waals surface area (Å²) in [7, 11) is 1.62. The van der Waals surface area contributed by atoms with E-state index in [4.69, 9.17) is 18.9 Å². The summed E-state index contributed by atoms with van der Waals surface area (Å²) in [6.45, 7) is 4.90. The minimum Gasteiger partial charge on any atom is -0.486 e. The molecule has 0 unspecified atom stereocenters. The first-order chi connectivity index (χ1) is 17.7. The van der Waals surface area contributed by atoms with E-state index >= 15 is 0 Å². The molecule has 36 heavy (non-hydrogen) atoms. The molecule has 0 saturated carbocycles. The first kappa shape index (κ1) is 22.7. The lowest BCUT2D eigenvalue weighted by atomic mass is 10.1. The summed E-state index contributed by atoms with van der Waals surface area (Å²) in [4.78, 5) is 25.6. The molecular weight excluding hydrogens is 462 g/mol. The van der Waals surface area contributed by atoms with Crippen LogP contribution >= 0.6 is 0 Å². The normalized spacial score (nSPS) is 21.2. The zero-order valence-electron chi connectivity index (χ0n) is 20.2. The summed E-state index contributed by atoms with van der Waals surface area (Å²) in [5.41, 5.74) is 3.57. The SMILES string of the molecule is COc1ccc2nccc(N3CC[C@@H](CNC[C@@H]4CN(c5ccc6c(c5)OCCO6)C(=O)O4)C3)c2n1. The molecule has 3 aliphatic heterocycles. The molecule has 6 rings (SSSR count). The molecule has 0 aliphatic carbocycles. The molecule has 10 heteroatoms. The van der Waals surface area contributed by atoms with E-state index in [2.05, 4.69) is 20.2 Å². The van der Waals surface area contributed by atoms with Crippen LogP contribution in [0.15, 0.2) is 42.6 Å². The van der Waals surface area contributed by atoms with Gasteiger partial charge in [0.25, 0.3) is 0 Å². The van der Waals surface area contributed by atoms with Crippen LogP contribution in [0.1, 0.15) is 6.42 Å². The molecule has 1 N–H and O–H groups in total. The fourth-order valence-corrected chi connectivity index (χ4v) is 5.07. The quantitative estimate of drug-likeness (QED) is 0.535. The predicted octanol–water partition coefficient (Wildman–Crippen LogP) is 2.85. The number of hydrogen-bond acceptors (Lipinski definition) is 9. The zero-order valence-corrected chi connectivity index (χ0v) is 20.2. The van der Waals surface area contributed by atoms with Crippen molar-refractivity contribution in [3.63, 3.8) is 0 Å². The Labute approximate surface area is 209 Å². The Morgan fingerprint density at radius 2 is 1.97 bits per heavy atom. The van der Waals surface area contributed by atoms with Crippen LogP contribution < -0.4 is 29.3 Å². The van der Waals surface area contributed by atoms with E-state index < -0.39 is 0 Å². The highest BCUT2D eigenvalue weighted by Gasteiger charge is 2.33. The van der Waals surface area contributed by atoms with Crippen molar-refractivity contribution < 1.29 is 23.7 Å². The van der Waals surface area contributed by atoms with Crippen LogP contribution in [0.3, 0.4) is 0 Å². The van der Waals surface area contributed by atoms with Crippen LogP contribution in [0.25, 0.3) is 11.0 Å². The number of ether oxygens (including phenoxy) is 4.